The van der Waals surface area contributed by atoms with Crippen molar-refractivity contribution in [2.45, 2.75) is 51.4 Å². The van der Waals surface area contributed by atoms with Crippen molar-refractivity contribution in [1.29, 1.82) is 0 Å². The van der Waals surface area contributed by atoms with Gasteiger partial charge in [-0.15, -0.1) is 0 Å². The van der Waals surface area contributed by atoms with Gasteiger partial charge in [-0.1, -0.05) is 30.7 Å². The lowest BCUT2D eigenvalue weighted by Gasteiger charge is -2.17. The number of fused-ring (bicyclic) bond motifs is 1. The number of benzene rings is 2. The number of nitrogens with one attached hydrogen (secondary N) is 1. The van der Waals surface area contributed by atoms with Crippen LogP contribution in [0.2, 0.25) is 0 Å². The maximum atomic E-state index is 13.4. The van der Waals surface area contributed by atoms with Crippen molar-refractivity contribution >= 4 is 5.78 Å². The van der Waals surface area contributed by atoms with Crippen molar-refractivity contribution in [1.82, 2.24) is 15.1 Å². The lowest BCUT2D eigenvalue weighted by atomic mass is 9.95. The van der Waals surface area contributed by atoms with E-state index in [-0.39, 0.29) is 5.78 Å². The number of rotatable bonds is 8. The van der Waals surface area contributed by atoms with Gasteiger partial charge in [0.2, 0.25) is 0 Å². The number of ether oxygens (including phenoxy) is 1. The maximum absolute atomic E-state index is 13.4. The van der Waals surface area contributed by atoms with Crippen LogP contribution in [-0.2, 0) is 19.3 Å². The van der Waals surface area contributed by atoms with Crippen molar-refractivity contribution in [3.05, 3.63) is 71.0 Å². The van der Waals surface area contributed by atoms with E-state index in [4.69, 9.17) is 4.74 Å². The number of carbonyl (C=O) groups is 1. The Balaban J connectivity index is 1.35. The smallest absolute Gasteiger partial charge is 0.170 e. The maximum Gasteiger partial charge on any atom is 0.170 e. The molecule has 2 aliphatic rings. The van der Waals surface area contributed by atoms with Crippen molar-refractivity contribution in [3.63, 3.8) is 0 Å². The largest absolute Gasteiger partial charge is 0.491 e. The number of hydrogen-bond acceptors (Lipinski definition) is 4. The third-order valence-corrected chi connectivity index (χ3v) is 7.00. The standard InChI is InChI=1S/C28H33N3O2/c32-27(17-21-8-9-22-6-2-1-3-7-23(22)16-21)26-11-10-24(25-19-29-30-20-25)18-28(26)33-15-14-31-12-4-5-13-31/h8-11,16,18-20H,1-7,12-15,17H2,(H,29,30). The fourth-order valence-electron chi connectivity index (χ4n) is 5.11. The van der Waals surface area contributed by atoms with Gasteiger partial charge in [-0.2, -0.15) is 5.10 Å². The molecule has 5 nitrogen and oxygen atoms in total. The summed E-state index contributed by atoms with van der Waals surface area (Å²) in [5, 5.41) is 6.92. The number of Topliss-reactive ketones (excluding diaryl/α,β-unsaturated/α-hetero) is 1. The molecule has 1 aromatic heterocycles. The summed E-state index contributed by atoms with van der Waals surface area (Å²) in [6, 6.07) is 12.5. The molecule has 0 radical (unpaired) electrons. The monoisotopic (exact) mass is 443 g/mol. The van der Waals surface area contributed by atoms with Gasteiger partial charge < -0.3 is 4.74 Å². The van der Waals surface area contributed by atoms with E-state index in [1.54, 1.807) is 6.20 Å². The molecule has 0 amide bonds. The van der Waals surface area contributed by atoms with Crippen molar-refractivity contribution in [2.24, 2.45) is 0 Å². The van der Waals surface area contributed by atoms with Gasteiger partial charge in [-0.25, -0.2) is 0 Å². The highest BCUT2D eigenvalue weighted by Crippen LogP contribution is 2.29. The number of likely N-dealkylation sites (tertiary alicyclic amines) is 1. The third-order valence-electron chi connectivity index (χ3n) is 7.00. The lowest BCUT2D eigenvalue weighted by Crippen LogP contribution is -2.25. The average molecular weight is 444 g/mol. The zero-order valence-corrected chi connectivity index (χ0v) is 19.3. The average Bonchev–Trinajstić information content (AvgIpc) is 3.50. The molecule has 0 unspecified atom stereocenters. The predicted molar refractivity (Wildman–Crippen MR) is 131 cm³/mol. The van der Waals surface area contributed by atoms with Gasteiger partial charge in [0.15, 0.2) is 5.78 Å². The molecule has 1 aliphatic heterocycles. The Morgan fingerprint density at radius 2 is 1.79 bits per heavy atom. The fraction of sp³-hybridized carbons (Fsp3) is 0.429. The van der Waals surface area contributed by atoms with Crippen LogP contribution in [0.1, 0.15) is 59.2 Å². The van der Waals surface area contributed by atoms with Gasteiger partial charge in [0.05, 0.1) is 11.8 Å². The SMILES string of the molecule is O=C(Cc1ccc2c(c1)CCCCC2)c1ccc(-c2cn[nH]c2)cc1OCCN1CCCC1. The zero-order chi connectivity index (χ0) is 22.5. The Bertz CT molecular complexity index is 1080. The molecule has 0 spiro atoms. The van der Waals surface area contributed by atoms with E-state index in [2.05, 4.69) is 33.3 Å². The summed E-state index contributed by atoms with van der Waals surface area (Å²) in [6.45, 7) is 3.77. The molecular formula is C28H33N3O2. The summed E-state index contributed by atoms with van der Waals surface area (Å²) in [7, 11) is 0. The molecule has 2 heterocycles. The van der Waals surface area contributed by atoms with Crippen LogP contribution in [0.3, 0.4) is 0 Å². The van der Waals surface area contributed by atoms with Crippen LogP contribution in [0.15, 0.2) is 48.8 Å². The Hall–Kier alpha value is -2.92. The first-order valence-electron chi connectivity index (χ1n) is 12.4. The first-order valence-corrected chi connectivity index (χ1v) is 12.4. The van der Waals surface area contributed by atoms with Crippen molar-refractivity contribution < 1.29 is 9.53 Å². The second-order valence-electron chi connectivity index (χ2n) is 9.36. The van der Waals surface area contributed by atoms with Crippen LogP contribution >= 0.6 is 0 Å². The molecule has 5 heteroatoms. The Kier molecular flexibility index (Phi) is 6.87. The molecule has 1 N–H and O–H groups in total. The van der Waals surface area contributed by atoms with Crippen molar-refractivity contribution in [2.75, 3.05) is 26.2 Å². The molecule has 1 fully saturated rings. The number of aryl methyl sites for hydroxylation is 2. The molecule has 5 rings (SSSR count). The third kappa shape index (κ3) is 5.36. The van der Waals surface area contributed by atoms with Gasteiger partial charge in [0.1, 0.15) is 12.4 Å². The molecule has 0 atom stereocenters. The highest BCUT2D eigenvalue weighted by atomic mass is 16.5. The molecule has 33 heavy (non-hydrogen) atoms. The highest BCUT2D eigenvalue weighted by Gasteiger charge is 2.18. The van der Waals surface area contributed by atoms with Crippen molar-refractivity contribution in [3.8, 4) is 16.9 Å². The first kappa shape index (κ1) is 21.9. The van der Waals surface area contributed by atoms with E-state index < -0.39 is 0 Å². The van der Waals surface area contributed by atoms with Gasteiger partial charge in [0, 0.05) is 24.7 Å². The number of aromatic nitrogens is 2. The molecule has 1 aliphatic carbocycles. The van der Waals surface area contributed by atoms with Gasteiger partial charge in [0.25, 0.3) is 0 Å². The first-order chi connectivity index (χ1) is 16.3. The Labute approximate surface area is 196 Å². The topological polar surface area (TPSA) is 58.2 Å². The van der Waals surface area contributed by atoms with Crippen LogP contribution in [-0.4, -0.2) is 47.1 Å². The Morgan fingerprint density at radius 3 is 2.61 bits per heavy atom. The number of hydrogen-bond donors (Lipinski definition) is 1. The summed E-state index contributed by atoms with van der Waals surface area (Å²) in [4.78, 5) is 15.8. The lowest BCUT2D eigenvalue weighted by molar-refractivity contribution is 0.0988. The summed E-state index contributed by atoms with van der Waals surface area (Å²) in [5.41, 5.74) is 6.64. The zero-order valence-electron chi connectivity index (χ0n) is 19.3. The number of aromatic amines is 1. The van der Waals surface area contributed by atoms with E-state index in [0.717, 1.165) is 49.2 Å². The molecule has 0 bridgehead atoms. The summed E-state index contributed by atoms with van der Waals surface area (Å²) in [6.07, 6.45) is 12.7. The fourth-order valence-corrected chi connectivity index (χ4v) is 5.11. The van der Waals surface area contributed by atoms with Crippen LogP contribution in [0.5, 0.6) is 5.75 Å². The molecular weight excluding hydrogens is 410 g/mol. The second-order valence-corrected chi connectivity index (χ2v) is 9.36. The molecule has 1 saturated heterocycles. The molecule has 0 saturated carbocycles. The van der Waals surface area contributed by atoms with E-state index in [1.807, 2.05) is 24.4 Å². The molecule has 2 aromatic carbocycles. The summed E-state index contributed by atoms with van der Waals surface area (Å²) in [5.74, 6) is 0.783. The van der Waals surface area contributed by atoms with Gasteiger partial charge in [-0.05, 0) is 86.0 Å². The minimum atomic E-state index is 0.110. The van der Waals surface area contributed by atoms with E-state index in [9.17, 15) is 4.79 Å². The molecule has 172 valence electrons. The number of carbonyl (C=O) groups excluding carboxylic acids is 1. The van der Waals surface area contributed by atoms with Crippen LogP contribution in [0.25, 0.3) is 11.1 Å². The number of H-pyrrole nitrogens is 1. The van der Waals surface area contributed by atoms with Crippen LogP contribution < -0.4 is 4.74 Å². The highest BCUT2D eigenvalue weighted by molar-refractivity contribution is 6.00. The number of nitrogens with zero attached hydrogens (tertiary/aromatic N) is 2. The van der Waals surface area contributed by atoms with Gasteiger partial charge in [-0.3, -0.25) is 14.8 Å². The summed E-state index contributed by atoms with van der Waals surface area (Å²) >= 11 is 0. The predicted octanol–water partition coefficient (Wildman–Crippen LogP) is 5.25. The number of ketones is 1. The summed E-state index contributed by atoms with van der Waals surface area (Å²) < 4.78 is 6.21. The van der Waals surface area contributed by atoms with Gasteiger partial charge >= 0.3 is 0 Å². The molecule has 3 aromatic rings. The van der Waals surface area contributed by atoms with E-state index in [0.29, 0.717) is 24.3 Å². The van der Waals surface area contributed by atoms with Crippen LogP contribution in [0.4, 0.5) is 0 Å². The normalized spacial score (nSPS) is 16.4. The van der Waals surface area contributed by atoms with Crippen LogP contribution in [0, 0.1) is 0 Å². The van der Waals surface area contributed by atoms with E-state index in [1.165, 1.54) is 43.2 Å². The minimum Gasteiger partial charge on any atom is -0.491 e. The minimum absolute atomic E-state index is 0.110. The van der Waals surface area contributed by atoms with E-state index >= 15 is 0 Å². The Morgan fingerprint density at radius 1 is 0.939 bits per heavy atom. The second kappa shape index (κ2) is 10.3. The quantitative estimate of drug-likeness (QED) is 0.382.